The average Bonchev–Trinajstić information content (AvgIpc) is 3.28. The van der Waals surface area contributed by atoms with Crippen LogP contribution in [-0.2, 0) is 4.79 Å². The number of aromatic amines is 1. The van der Waals surface area contributed by atoms with Gasteiger partial charge in [-0.1, -0.05) is 53.3 Å². The van der Waals surface area contributed by atoms with Gasteiger partial charge in [-0.05, 0) is 61.5 Å². The molecule has 3 aromatic carbocycles. The number of thioether (sulfide) groups is 1. The van der Waals surface area contributed by atoms with Crippen LogP contribution in [0.25, 0.3) is 17.1 Å². The smallest absolute Gasteiger partial charge is 0.342 e. The lowest BCUT2D eigenvalue weighted by molar-refractivity contribution is -0.625. The van der Waals surface area contributed by atoms with Gasteiger partial charge in [0.25, 0.3) is 11.7 Å². The van der Waals surface area contributed by atoms with Gasteiger partial charge in [0.2, 0.25) is 0 Å². The van der Waals surface area contributed by atoms with E-state index in [4.69, 9.17) is 4.74 Å². The second kappa shape index (κ2) is 10.9. The lowest BCUT2D eigenvalue weighted by atomic mass is 10.1. The Kier molecular flexibility index (Phi) is 7.47. The highest BCUT2D eigenvalue weighted by Gasteiger charge is 2.24. The van der Waals surface area contributed by atoms with E-state index in [1.807, 2.05) is 66.9 Å². The number of methoxy groups -OCH3 is 1. The van der Waals surface area contributed by atoms with E-state index in [9.17, 15) is 9.90 Å². The van der Waals surface area contributed by atoms with Crippen LogP contribution in [0.3, 0.4) is 0 Å². The zero-order chi connectivity index (χ0) is 24.8. The number of hydrogen-bond donors (Lipinski definition) is 2. The van der Waals surface area contributed by atoms with Crippen LogP contribution in [0.15, 0.2) is 77.0 Å². The predicted molar refractivity (Wildman–Crippen MR) is 134 cm³/mol. The minimum Gasteiger partial charge on any atom is -0.870 e. The summed E-state index contributed by atoms with van der Waals surface area (Å²) in [5.74, 6) is 0.512. The first-order valence-electron chi connectivity index (χ1n) is 10.9. The summed E-state index contributed by atoms with van der Waals surface area (Å²) < 4.78 is 7.01. The van der Waals surface area contributed by atoms with Crippen LogP contribution in [-0.4, -0.2) is 35.2 Å². The number of nitrogens with zero attached hydrogens (tertiary/aromatic N) is 3. The van der Waals surface area contributed by atoms with Crippen LogP contribution in [0.1, 0.15) is 16.7 Å². The largest absolute Gasteiger partial charge is 0.870 e. The second-order valence-electron chi connectivity index (χ2n) is 7.85. The Labute approximate surface area is 207 Å². The maximum absolute atomic E-state index is 12.4. The predicted octanol–water partition coefficient (Wildman–Crippen LogP) is 3.29. The molecule has 0 unspecified atom stereocenters. The van der Waals surface area contributed by atoms with Crippen LogP contribution in [0.5, 0.6) is 11.5 Å². The molecule has 0 aliphatic heterocycles. The first-order chi connectivity index (χ1) is 17.0. The molecule has 2 N–H and O–H groups in total. The van der Waals surface area contributed by atoms with E-state index >= 15 is 0 Å². The molecule has 0 aliphatic rings. The van der Waals surface area contributed by atoms with Gasteiger partial charge in [-0.2, -0.15) is 9.67 Å². The number of H-pyrrole nitrogens is 1. The van der Waals surface area contributed by atoms with Gasteiger partial charge in [0, 0.05) is 0 Å². The Morgan fingerprint density at radius 1 is 1.11 bits per heavy atom. The van der Waals surface area contributed by atoms with Crippen LogP contribution in [0, 0.1) is 13.8 Å². The van der Waals surface area contributed by atoms with Gasteiger partial charge in [-0.25, -0.2) is 5.43 Å². The Hall–Kier alpha value is -4.11. The minimum atomic E-state index is -0.322. The van der Waals surface area contributed by atoms with Crippen molar-refractivity contribution in [2.75, 3.05) is 12.9 Å². The fourth-order valence-corrected chi connectivity index (χ4v) is 4.12. The summed E-state index contributed by atoms with van der Waals surface area (Å²) in [5, 5.41) is 24.3. The SMILES string of the molecule is COc1cccc(C=NNC(=O)CSc2n[nH]c(-c3ccc(C)cc3)[n+]2-c2ccc(C)cc2)c1[O-]. The van der Waals surface area contributed by atoms with E-state index in [0.29, 0.717) is 10.7 Å². The highest BCUT2D eigenvalue weighted by molar-refractivity contribution is 7.99. The highest BCUT2D eigenvalue weighted by atomic mass is 32.2. The summed E-state index contributed by atoms with van der Waals surface area (Å²) >= 11 is 1.28. The molecule has 1 amide bonds. The van der Waals surface area contributed by atoms with Crippen molar-refractivity contribution in [1.82, 2.24) is 15.6 Å². The molecule has 0 saturated heterocycles. The van der Waals surface area contributed by atoms with Crippen LogP contribution in [0.4, 0.5) is 0 Å². The minimum absolute atomic E-state index is 0.0870. The molecule has 4 rings (SSSR count). The molecule has 4 aromatic rings. The third-order valence-electron chi connectivity index (χ3n) is 5.24. The molecule has 35 heavy (non-hydrogen) atoms. The normalized spacial score (nSPS) is 11.1. The fourth-order valence-electron chi connectivity index (χ4n) is 3.36. The number of carbonyl (C=O) groups excluding carboxylic acids is 1. The number of rotatable bonds is 8. The molecule has 8 nitrogen and oxygen atoms in total. The molecular weight excluding hydrogens is 462 g/mol. The van der Waals surface area contributed by atoms with Crippen molar-refractivity contribution in [2.45, 2.75) is 19.0 Å². The van der Waals surface area contributed by atoms with E-state index in [1.165, 1.54) is 30.6 Å². The molecule has 178 valence electrons. The summed E-state index contributed by atoms with van der Waals surface area (Å²) in [7, 11) is 1.43. The van der Waals surface area contributed by atoms with E-state index in [0.717, 1.165) is 22.6 Å². The van der Waals surface area contributed by atoms with Gasteiger partial charge in [-0.15, -0.1) is 5.10 Å². The van der Waals surface area contributed by atoms with Crippen LogP contribution >= 0.6 is 11.8 Å². The fraction of sp³-hybridized carbons (Fsp3) is 0.154. The number of aromatic nitrogens is 3. The Morgan fingerprint density at radius 2 is 1.80 bits per heavy atom. The summed E-state index contributed by atoms with van der Waals surface area (Å²) in [6.07, 6.45) is 1.31. The molecule has 0 bridgehead atoms. The number of nitrogens with one attached hydrogen (secondary N) is 2. The molecule has 0 spiro atoms. The second-order valence-corrected chi connectivity index (χ2v) is 8.79. The molecule has 0 fully saturated rings. The van der Waals surface area contributed by atoms with Gasteiger partial charge in [-0.3, -0.25) is 4.79 Å². The zero-order valence-electron chi connectivity index (χ0n) is 19.6. The van der Waals surface area contributed by atoms with Gasteiger partial charge in [0.05, 0.1) is 29.7 Å². The first kappa shape index (κ1) is 24.0. The maximum atomic E-state index is 12.4. The molecular formula is C26H25N5O3S. The zero-order valence-corrected chi connectivity index (χ0v) is 20.4. The number of amides is 1. The average molecular weight is 488 g/mol. The summed E-state index contributed by atoms with van der Waals surface area (Å²) in [4.78, 5) is 12.4. The van der Waals surface area contributed by atoms with Gasteiger partial charge < -0.3 is 9.84 Å². The lowest BCUT2D eigenvalue weighted by Gasteiger charge is -2.14. The van der Waals surface area contributed by atoms with Crippen molar-refractivity contribution in [3.8, 4) is 28.6 Å². The van der Waals surface area contributed by atoms with E-state index < -0.39 is 0 Å². The van der Waals surface area contributed by atoms with Crippen LogP contribution < -0.4 is 19.8 Å². The summed E-state index contributed by atoms with van der Waals surface area (Å²) in [6.45, 7) is 4.08. The molecule has 0 atom stereocenters. The van der Waals surface area contributed by atoms with Crippen molar-refractivity contribution < 1.29 is 19.2 Å². The first-order valence-corrected chi connectivity index (χ1v) is 11.9. The molecule has 1 aromatic heterocycles. The van der Waals surface area contributed by atoms with E-state index in [2.05, 4.69) is 20.7 Å². The van der Waals surface area contributed by atoms with Crippen molar-refractivity contribution >= 4 is 23.9 Å². The monoisotopic (exact) mass is 487 g/mol. The molecule has 9 heteroatoms. The van der Waals surface area contributed by atoms with E-state index in [-0.39, 0.29) is 23.2 Å². The van der Waals surface area contributed by atoms with Crippen LogP contribution in [0.2, 0.25) is 0 Å². The molecule has 1 heterocycles. The third kappa shape index (κ3) is 5.70. The molecule has 0 aliphatic carbocycles. The Balaban J connectivity index is 1.50. The quantitative estimate of drug-likeness (QED) is 0.172. The van der Waals surface area contributed by atoms with Crippen molar-refractivity contribution in [3.05, 3.63) is 83.4 Å². The number of carbonyl (C=O) groups is 1. The topological polar surface area (TPSA) is 106 Å². The van der Waals surface area contributed by atoms with Crippen molar-refractivity contribution in [3.63, 3.8) is 0 Å². The van der Waals surface area contributed by atoms with Gasteiger partial charge >= 0.3 is 5.16 Å². The van der Waals surface area contributed by atoms with E-state index in [1.54, 1.807) is 18.2 Å². The molecule has 0 radical (unpaired) electrons. The number of hydrazone groups is 1. The van der Waals surface area contributed by atoms with Crippen molar-refractivity contribution in [1.29, 1.82) is 0 Å². The molecule has 0 saturated carbocycles. The van der Waals surface area contributed by atoms with Gasteiger partial charge in [0.1, 0.15) is 11.4 Å². The Bertz CT molecular complexity index is 1350. The van der Waals surface area contributed by atoms with Crippen molar-refractivity contribution in [2.24, 2.45) is 5.10 Å². The lowest BCUT2D eigenvalue weighted by Crippen LogP contribution is -2.34. The number of hydrogen-bond acceptors (Lipinski definition) is 6. The Morgan fingerprint density at radius 3 is 2.49 bits per heavy atom. The third-order valence-corrected chi connectivity index (χ3v) is 6.18. The maximum Gasteiger partial charge on any atom is 0.342 e. The number of aryl methyl sites for hydroxylation is 2. The summed E-state index contributed by atoms with van der Waals surface area (Å²) in [5.41, 5.74) is 7.02. The highest BCUT2D eigenvalue weighted by Crippen LogP contribution is 2.25. The standard InChI is InChI=1S/C26H25N5O3S/c1-17-7-11-19(12-8-17)25-29-30-26(31(25)21-13-9-18(2)10-14-21)35-16-23(32)28-27-15-20-5-4-6-22(34-3)24(20)33/h4-15H,16H2,1-3H3,(H2,27,28,32,33). The summed E-state index contributed by atoms with van der Waals surface area (Å²) in [6, 6.07) is 21.1. The number of ether oxygens (including phenoxy) is 1. The van der Waals surface area contributed by atoms with Gasteiger partial charge in [0.15, 0.2) is 0 Å². The number of para-hydroxylation sites is 1. The number of benzene rings is 3.